The van der Waals surface area contributed by atoms with E-state index in [1.54, 1.807) is 6.20 Å². The van der Waals surface area contributed by atoms with Crippen LogP contribution in [0.15, 0.2) is 12.4 Å². The first-order chi connectivity index (χ1) is 9.78. The van der Waals surface area contributed by atoms with Crippen LogP contribution >= 0.6 is 0 Å². The molecule has 0 amide bonds. The van der Waals surface area contributed by atoms with Gasteiger partial charge in [-0.25, -0.2) is 8.51 Å². The van der Waals surface area contributed by atoms with Crippen molar-refractivity contribution in [3.8, 4) is 0 Å². The first-order valence-electron chi connectivity index (χ1n) is 7.80. The van der Waals surface area contributed by atoms with Crippen LogP contribution in [0.3, 0.4) is 0 Å². The molecular formula is C14H26N4OS. The number of piperidine rings is 2. The van der Waals surface area contributed by atoms with Crippen LogP contribution in [-0.4, -0.2) is 68.9 Å². The molecule has 4 saturated heterocycles. The van der Waals surface area contributed by atoms with Gasteiger partial charge in [-0.1, -0.05) is 0 Å². The highest BCUT2D eigenvalue weighted by Crippen LogP contribution is 2.26. The molecule has 4 rings (SSSR count). The Balaban J connectivity index is 1.59. The van der Waals surface area contributed by atoms with Crippen molar-refractivity contribution in [3.05, 3.63) is 12.4 Å². The zero-order chi connectivity index (χ0) is 13.9. The highest BCUT2D eigenvalue weighted by atomic mass is 32.2. The topological polar surface area (TPSA) is 52.8 Å². The van der Waals surface area contributed by atoms with Crippen LogP contribution in [0.5, 0.6) is 0 Å². The summed E-state index contributed by atoms with van der Waals surface area (Å²) in [5, 5.41) is 0.338. The summed E-state index contributed by atoms with van der Waals surface area (Å²) in [6.07, 6.45) is 7.97. The lowest BCUT2D eigenvalue weighted by molar-refractivity contribution is 0.233. The predicted molar refractivity (Wildman–Crippen MR) is 82.2 cm³/mol. The van der Waals surface area contributed by atoms with Gasteiger partial charge in [0.15, 0.2) is 0 Å². The Morgan fingerprint density at radius 1 is 0.950 bits per heavy atom. The molecule has 0 saturated carbocycles. The van der Waals surface area contributed by atoms with Gasteiger partial charge in [0, 0.05) is 44.6 Å². The van der Waals surface area contributed by atoms with E-state index in [2.05, 4.69) is 14.1 Å². The molecule has 1 unspecified atom stereocenters. The molecule has 6 heteroatoms. The van der Waals surface area contributed by atoms with Gasteiger partial charge in [-0.3, -0.25) is 0 Å². The van der Waals surface area contributed by atoms with E-state index in [1.807, 2.05) is 6.20 Å². The summed E-state index contributed by atoms with van der Waals surface area (Å²) in [4.78, 5) is 4.75. The fraction of sp³-hybridized carbons (Fsp3) is 0.857. The summed E-state index contributed by atoms with van der Waals surface area (Å²) >= 11 is 0. The van der Waals surface area contributed by atoms with E-state index in [0.717, 1.165) is 39.0 Å². The second-order valence-corrected chi connectivity index (χ2v) is 7.75. The largest absolute Gasteiger partial charge is 0.403 e. The minimum atomic E-state index is -0.802. The Labute approximate surface area is 124 Å². The highest BCUT2D eigenvalue weighted by Gasteiger charge is 2.35. The predicted octanol–water partition coefficient (Wildman–Crippen LogP) is 0.324. The highest BCUT2D eigenvalue weighted by molar-refractivity contribution is 7.83. The van der Waals surface area contributed by atoms with Crippen LogP contribution in [0.2, 0.25) is 0 Å². The summed E-state index contributed by atoms with van der Waals surface area (Å²) in [5.41, 5.74) is 5.43. The van der Waals surface area contributed by atoms with E-state index in [4.69, 9.17) is 5.73 Å². The van der Waals surface area contributed by atoms with Gasteiger partial charge in [-0.2, -0.15) is 0 Å². The third-order valence-electron chi connectivity index (χ3n) is 4.89. The molecule has 20 heavy (non-hydrogen) atoms. The normalized spacial score (nSPS) is 34.5. The lowest BCUT2D eigenvalue weighted by Crippen LogP contribution is -2.45. The lowest BCUT2D eigenvalue weighted by Gasteiger charge is -2.36. The second-order valence-electron chi connectivity index (χ2n) is 6.07. The Bertz CT molecular complexity index is 373. The molecule has 0 aromatic heterocycles. The van der Waals surface area contributed by atoms with Gasteiger partial charge in [-0.05, 0) is 38.8 Å². The monoisotopic (exact) mass is 298 g/mol. The molecule has 114 valence electrons. The quantitative estimate of drug-likeness (QED) is 0.815. The fourth-order valence-electron chi connectivity index (χ4n) is 3.63. The number of hydrogen-bond acceptors (Lipinski definition) is 4. The number of nitrogens with zero attached hydrogens (tertiary/aromatic N) is 3. The van der Waals surface area contributed by atoms with Gasteiger partial charge < -0.3 is 15.5 Å². The minimum absolute atomic E-state index is 0.338. The Kier molecular flexibility index (Phi) is 4.63. The van der Waals surface area contributed by atoms with Crippen molar-refractivity contribution in [2.45, 2.75) is 37.0 Å². The van der Waals surface area contributed by atoms with Gasteiger partial charge in [0.05, 0.1) is 16.2 Å². The van der Waals surface area contributed by atoms with Crippen molar-refractivity contribution >= 4 is 11.0 Å². The standard InChI is InChI=1S/C14H26N4OS/c15-5-10-16-8-3-14(4-9-16)20(19)18-12-11-17-6-1-13(18)2-7-17/h5,10,13-14H,1-4,6-9,11-12,15H2/b10-5-. The average Bonchev–Trinajstić information content (AvgIpc) is 2.81. The molecule has 0 aromatic carbocycles. The van der Waals surface area contributed by atoms with Gasteiger partial charge in [0.25, 0.3) is 0 Å². The van der Waals surface area contributed by atoms with E-state index in [-0.39, 0.29) is 0 Å². The molecule has 4 heterocycles. The SMILES string of the molecule is N/C=C\N1CCC(S(=O)N2CCN3CCC2CC3)CC1. The smallest absolute Gasteiger partial charge is 0.0978 e. The molecule has 4 aliphatic heterocycles. The minimum Gasteiger partial charge on any atom is -0.403 e. The first kappa shape index (κ1) is 14.4. The summed E-state index contributed by atoms with van der Waals surface area (Å²) in [5.74, 6) is 0. The van der Waals surface area contributed by atoms with Gasteiger partial charge in [-0.15, -0.1) is 0 Å². The van der Waals surface area contributed by atoms with E-state index in [0.29, 0.717) is 11.3 Å². The summed E-state index contributed by atoms with van der Waals surface area (Å²) in [7, 11) is -0.802. The maximum Gasteiger partial charge on any atom is 0.0978 e. The molecule has 0 aliphatic carbocycles. The van der Waals surface area contributed by atoms with Crippen LogP contribution < -0.4 is 5.73 Å². The second kappa shape index (κ2) is 6.45. The van der Waals surface area contributed by atoms with Crippen LogP contribution in [0.1, 0.15) is 25.7 Å². The van der Waals surface area contributed by atoms with Crippen molar-refractivity contribution in [3.63, 3.8) is 0 Å². The van der Waals surface area contributed by atoms with Gasteiger partial charge in [0.1, 0.15) is 0 Å². The van der Waals surface area contributed by atoms with Crippen LogP contribution in [0.25, 0.3) is 0 Å². The number of fused-ring (bicyclic) bond motifs is 4. The van der Waals surface area contributed by atoms with Crippen molar-refractivity contribution < 1.29 is 4.21 Å². The molecule has 4 aliphatic rings. The van der Waals surface area contributed by atoms with Crippen molar-refractivity contribution in [1.29, 1.82) is 0 Å². The number of nitrogens with two attached hydrogens (primary N) is 1. The maximum atomic E-state index is 12.9. The number of rotatable bonds is 3. The van der Waals surface area contributed by atoms with Crippen LogP contribution in [0, 0.1) is 0 Å². The molecule has 2 bridgehead atoms. The molecule has 0 aromatic rings. The third kappa shape index (κ3) is 3.02. The number of likely N-dealkylation sites (tertiary alicyclic amines) is 1. The third-order valence-corrected chi connectivity index (χ3v) is 6.88. The number of hydrogen-bond donors (Lipinski definition) is 1. The molecule has 4 fully saturated rings. The van der Waals surface area contributed by atoms with Crippen molar-refractivity contribution in [2.75, 3.05) is 39.3 Å². The fourth-order valence-corrected chi connectivity index (χ4v) is 5.39. The lowest BCUT2D eigenvalue weighted by atomic mass is 10.1. The molecule has 2 N–H and O–H groups in total. The molecule has 0 spiro atoms. The summed E-state index contributed by atoms with van der Waals surface area (Å²) < 4.78 is 15.2. The summed E-state index contributed by atoms with van der Waals surface area (Å²) in [6, 6.07) is 0.552. The van der Waals surface area contributed by atoms with Crippen molar-refractivity contribution in [1.82, 2.24) is 14.1 Å². The van der Waals surface area contributed by atoms with Crippen molar-refractivity contribution in [2.24, 2.45) is 5.73 Å². The van der Waals surface area contributed by atoms with Gasteiger partial charge >= 0.3 is 0 Å². The summed E-state index contributed by atoms with van der Waals surface area (Å²) in [6.45, 7) is 6.43. The average molecular weight is 298 g/mol. The van der Waals surface area contributed by atoms with Crippen LogP contribution in [0.4, 0.5) is 0 Å². The molecular weight excluding hydrogens is 272 g/mol. The van der Waals surface area contributed by atoms with Crippen LogP contribution in [-0.2, 0) is 11.0 Å². The van der Waals surface area contributed by atoms with E-state index in [1.165, 1.54) is 25.9 Å². The van der Waals surface area contributed by atoms with Gasteiger partial charge in [0.2, 0.25) is 0 Å². The first-order valence-corrected chi connectivity index (χ1v) is 8.97. The maximum absolute atomic E-state index is 12.9. The van der Waals surface area contributed by atoms with E-state index < -0.39 is 11.0 Å². The Morgan fingerprint density at radius 3 is 2.30 bits per heavy atom. The van der Waals surface area contributed by atoms with E-state index >= 15 is 0 Å². The Morgan fingerprint density at radius 2 is 1.65 bits per heavy atom. The zero-order valence-corrected chi connectivity index (χ0v) is 12.9. The Hall–Kier alpha value is -0.590. The molecule has 5 nitrogen and oxygen atoms in total. The zero-order valence-electron chi connectivity index (χ0n) is 12.1. The molecule has 1 atom stereocenters. The molecule has 0 radical (unpaired) electrons. The van der Waals surface area contributed by atoms with E-state index in [9.17, 15) is 4.21 Å².